The van der Waals surface area contributed by atoms with Gasteiger partial charge in [-0.05, 0) is 12.5 Å². The van der Waals surface area contributed by atoms with Crippen LogP contribution in [0.2, 0.25) is 0 Å². The molecule has 0 saturated heterocycles. The van der Waals surface area contributed by atoms with Crippen LogP contribution in [0.15, 0.2) is 12.2 Å². The summed E-state index contributed by atoms with van der Waals surface area (Å²) in [6.07, 6.45) is -0.466. The first kappa shape index (κ1) is 7.17. The van der Waals surface area contributed by atoms with Crippen LogP contribution >= 0.6 is 0 Å². The van der Waals surface area contributed by atoms with Crippen molar-refractivity contribution in [1.82, 2.24) is 5.32 Å². The van der Waals surface area contributed by atoms with E-state index in [0.29, 0.717) is 12.0 Å². The molecule has 46 valence electrons. The van der Waals surface area contributed by atoms with E-state index in [1.54, 1.807) is 6.92 Å². The smallest absolute Gasteiger partial charge is 0.209 e. The van der Waals surface area contributed by atoms with Gasteiger partial charge in [-0.15, -0.1) is 0 Å². The van der Waals surface area contributed by atoms with Gasteiger partial charge in [0.25, 0.3) is 0 Å². The summed E-state index contributed by atoms with van der Waals surface area (Å²) >= 11 is 0. The Kier molecular flexibility index (Phi) is 2.88. The van der Waals surface area contributed by atoms with Crippen LogP contribution in [0.1, 0.15) is 6.92 Å². The third-order valence-corrected chi connectivity index (χ3v) is 0.693. The highest BCUT2D eigenvalue weighted by Gasteiger charge is 1.97. The topological polar surface area (TPSA) is 49.3 Å². The van der Waals surface area contributed by atoms with E-state index in [4.69, 9.17) is 5.11 Å². The van der Waals surface area contributed by atoms with Crippen molar-refractivity contribution >= 4 is 6.41 Å². The first-order valence-corrected chi connectivity index (χ1v) is 2.21. The Morgan fingerprint density at radius 1 is 2.00 bits per heavy atom. The number of amides is 1. The standard InChI is InChI=1S/C5H9NO2/c1-4(2)5(8)6-3-7/h3,5,8H,1H2,2H3,(H,6,7). The van der Waals surface area contributed by atoms with Crippen LogP contribution in [-0.4, -0.2) is 17.7 Å². The van der Waals surface area contributed by atoms with Crippen LogP contribution < -0.4 is 5.32 Å². The predicted molar refractivity (Wildman–Crippen MR) is 30.0 cm³/mol. The molecule has 0 saturated carbocycles. The molecule has 0 aliphatic heterocycles. The number of hydrogen-bond donors (Lipinski definition) is 2. The van der Waals surface area contributed by atoms with Crippen LogP contribution in [0.3, 0.4) is 0 Å². The van der Waals surface area contributed by atoms with E-state index < -0.39 is 6.23 Å². The predicted octanol–water partition coefficient (Wildman–Crippen LogP) is -0.373. The zero-order chi connectivity index (χ0) is 6.57. The number of aliphatic hydroxyl groups is 1. The third-order valence-electron chi connectivity index (χ3n) is 0.693. The molecule has 1 unspecified atom stereocenters. The minimum atomic E-state index is -0.896. The van der Waals surface area contributed by atoms with Crippen molar-refractivity contribution in [2.75, 3.05) is 0 Å². The second-order valence-corrected chi connectivity index (χ2v) is 1.53. The van der Waals surface area contributed by atoms with E-state index >= 15 is 0 Å². The van der Waals surface area contributed by atoms with E-state index in [1.807, 2.05) is 0 Å². The van der Waals surface area contributed by atoms with Crippen LogP contribution in [0.25, 0.3) is 0 Å². The minimum absolute atomic E-state index is 0.430. The Bertz CT molecular complexity index is 101. The van der Waals surface area contributed by atoms with Crippen molar-refractivity contribution in [3.63, 3.8) is 0 Å². The molecule has 0 aliphatic carbocycles. The summed E-state index contributed by atoms with van der Waals surface area (Å²) in [7, 11) is 0. The van der Waals surface area contributed by atoms with Crippen molar-refractivity contribution in [3.05, 3.63) is 12.2 Å². The normalized spacial score (nSPS) is 12.2. The fourth-order valence-electron chi connectivity index (χ4n) is 0.207. The molecule has 0 aliphatic rings. The number of carbonyl (C=O) groups is 1. The van der Waals surface area contributed by atoms with Crippen molar-refractivity contribution in [1.29, 1.82) is 0 Å². The van der Waals surface area contributed by atoms with E-state index in [0.717, 1.165) is 0 Å². The quantitative estimate of drug-likeness (QED) is 0.299. The Balaban J connectivity index is 3.46. The van der Waals surface area contributed by atoms with Crippen molar-refractivity contribution in [2.24, 2.45) is 0 Å². The average Bonchev–Trinajstić information content (AvgIpc) is 1.67. The number of aliphatic hydroxyl groups excluding tert-OH is 1. The SMILES string of the molecule is C=C(C)C(O)NC=O. The monoisotopic (exact) mass is 115 g/mol. The van der Waals surface area contributed by atoms with Gasteiger partial charge in [0.15, 0.2) is 0 Å². The third kappa shape index (κ3) is 2.36. The van der Waals surface area contributed by atoms with Crippen LogP contribution in [0.4, 0.5) is 0 Å². The number of rotatable bonds is 3. The molecule has 0 bridgehead atoms. The van der Waals surface area contributed by atoms with E-state index in [1.165, 1.54) is 0 Å². The van der Waals surface area contributed by atoms with Gasteiger partial charge >= 0.3 is 0 Å². The van der Waals surface area contributed by atoms with Gasteiger partial charge in [-0.25, -0.2) is 0 Å². The van der Waals surface area contributed by atoms with Crippen LogP contribution in [0, 0.1) is 0 Å². The van der Waals surface area contributed by atoms with Crippen molar-refractivity contribution in [2.45, 2.75) is 13.2 Å². The fraction of sp³-hybridized carbons (Fsp3) is 0.400. The van der Waals surface area contributed by atoms with Gasteiger partial charge in [0.2, 0.25) is 6.41 Å². The molecule has 8 heavy (non-hydrogen) atoms. The van der Waals surface area contributed by atoms with Crippen LogP contribution in [0.5, 0.6) is 0 Å². The maximum atomic E-state index is 9.61. The lowest BCUT2D eigenvalue weighted by Gasteiger charge is -2.05. The largest absolute Gasteiger partial charge is 0.370 e. The van der Waals surface area contributed by atoms with Gasteiger partial charge in [0.1, 0.15) is 6.23 Å². The molecule has 0 aromatic carbocycles. The lowest BCUT2D eigenvalue weighted by atomic mass is 10.3. The second-order valence-electron chi connectivity index (χ2n) is 1.53. The fourth-order valence-corrected chi connectivity index (χ4v) is 0.207. The molecule has 3 heteroatoms. The van der Waals surface area contributed by atoms with Gasteiger partial charge < -0.3 is 10.4 Å². The van der Waals surface area contributed by atoms with E-state index in [9.17, 15) is 4.79 Å². The van der Waals surface area contributed by atoms with Crippen molar-refractivity contribution in [3.8, 4) is 0 Å². The highest BCUT2D eigenvalue weighted by Crippen LogP contribution is 1.89. The van der Waals surface area contributed by atoms with Crippen LogP contribution in [-0.2, 0) is 4.79 Å². The molecule has 0 rings (SSSR count). The number of carbonyl (C=O) groups excluding carboxylic acids is 1. The molecule has 3 nitrogen and oxygen atoms in total. The summed E-state index contributed by atoms with van der Waals surface area (Å²) in [5, 5.41) is 10.8. The number of hydrogen-bond acceptors (Lipinski definition) is 2. The second kappa shape index (κ2) is 3.21. The van der Waals surface area contributed by atoms with Crippen molar-refractivity contribution < 1.29 is 9.90 Å². The molecule has 1 atom stereocenters. The molecule has 0 radical (unpaired) electrons. The lowest BCUT2D eigenvalue weighted by molar-refractivity contribution is -0.111. The Morgan fingerprint density at radius 3 is 2.62 bits per heavy atom. The maximum Gasteiger partial charge on any atom is 0.209 e. The molecule has 2 N–H and O–H groups in total. The zero-order valence-corrected chi connectivity index (χ0v) is 4.72. The molecule has 0 spiro atoms. The Hall–Kier alpha value is -0.830. The Labute approximate surface area is 48.0 Å². The molecular formula is C5H9NO2. The summed E-state index contributed by atoms with van der Waals surface area (Å²) in [6.45, 7) is 5.03. The molecule has 0 aromatic rings. The Morgan fingerprint density at radius 2 is 2.50 bits per heavy atom. The van der Waals surface area contributed by atoms with Gasteiger partial charge in [0.05, 0.1) is 0 Å². The lowest BCUT2D eigenvalue weighted by Crippen LogP contribution is -2.27. The minimum Gasteiger partial charge on any atom is -0.370 e. The first-order chi connectivity index (χ1) is 3.68. The van der Waals surface area contributed by atoms with Gasteiger partial charge in [0, 0.05) is 0 Å². The van der Waals surface area contributed by atoms with Gasteiger partial charge in [-0.2, -0.15) is 0 Å². The molecule has 0 heterocycles. The van der Waals surface area contributed by atoms with E-state index in [2.05, 4.69) is 11.9 Å². The average molecular weight is 115 g/mol. The summed E-state index contributed by atoms with van der Waals surface area (Å²) in [4.78, 5) is 9.61. The highest BCUT2D eigenvalue weighted by atomic mass is 16.3. The summed E-state index contributed by atoms with van der Waals surface area (Å²) in [5.41, 5.74) is 0.525. The molecule has 0 aromatic heterocycles. The first-order valence-electron chi connectivity index (χ1n) is 2.21. The summed E-state index contributed by atoms with van der Waals surface area (Å²) in [6, 6.07) is 0. The summed E-state index contributed by atoms with van der Waals surface area (Å²) in [5.74, 6) is 0. The molecular weight excluding hydrogens is 106 g/mol. The highest BCUT2D eigenvalue weighted by molar-refractivity contribution is 5.47. The van der Waals surface area contributed by atoms with Gasteiger partial charge in [-0.3, -0.25) is 4.79 Å². The summed E-state index contributed by atoms with van der Waals surface area (Å²) < 4.78 is 0. The maximum absolute atomic E-state index is 9.61. The van der Waals surface area contributed by atoms with Gasteiger partial charge in [-0.1, -0.05) is 6.58 Å². The zero-order valence-electron chi connectivity index (χ0n) is 4.72. The molecule has 0 fully saturated rings. The molecule has 1 amide bonds. The van der Waals surface area contributed by atoms with E-state index in [-0.39, 0.29) is 0 Å². The number of nitrogens with one attached hydrogen (secondary N) is 1.